The Morgan fingerprint density at radius 2 is 2.10 bits per heavy atom. The van der Waals surface area contributed by atoms with Gasteiger partial charge in [0.2, 0.25) is 5.91 Å². The van der Waals surface area contributed by atoms with Crippen molar-refractivity contribution in [1.29, 1.82) is 0 Å². The lowest BCUT2D eigenvalue weighted by molar-refractivity contribution is -0.122. The van der Waals surface area contributed by atoms with Gasteiger partial charge in [0.1, 0.15) is 0 Å². The minimum absolute atomic E-state index is 0.175. The van der Waals surface area contributed by atoms with Crippen molar-refractivity contribution in [2.75, 3.05) is 32.7 Å². The molecule has 0 aliphatic carbocycles. The first kappa shape index (κ1) is 17.4. The van der Waals surface area contributed by atoms with E-state index in [0.717, 1.165) is 26.2 Å². The summed E-state index contributed by atoms with van der Waals surface area (Å²) >= 11 is 0. The van der Waals surface area contributed by atoms with E-state index in [1.54, 1.807) is 0 Å². The highest BCUT2D eigenvalue weighted by Gasteiger charge is 2.25. The summed E-state index contributed by atoms with van der Waals surface area (Å²) in [6.45, 7) is 13.3. The van der Waals surface area contributed by atoms with E-state index in [-0.39, 0.29) is 5.91 Å². The zero-order chi connectivity index (χ0) is 15.0. The Hall–Kier alpha value is -0.610. The zero-order valence-electron chi connectivity index (χ0n) is 13.7. The minimum Gasteiger partial charge on any atom is -0.355 e. The molecule has 118 valence electrons. The summed E-state index contributed by atoms with van der Waals surface area (Å²) < 4.78 is 0. The van der Waals surface area contributed by atoms with Crippen LogP contribution in [0.4, 0.5) is 0 Å². The van der Waals surface area contributed by atoms with Gasteiger partial charge in [-0.15, -0.1) is 0 Å². The molecule has 1 heterocycles. The van der Waals surface area contributed by atoms with Crippen molar-refractivity contribution >= 4 is 5.91 Å². The SMILES string of the molecule is CCCNC(C)C1CCCN(CC(=O)NCC(C)C)C1. The Kier molecular flexibility index (Phi) is 8.15. The summed E-state index contributed by atoms with van der Waals surface area (Å²) in [6.07, 6.45) is 3.67. The van der Waals surface area contributed by atoms with E-state index >= 15 is 0 Å². The van der Waals surface area contributed by atoms with Crippen molar-refractivity contribution in [3.63, 3.8) is 0 Å². The smallest absolute Gasteiger partial charge is 0.234 e. The summed E-state index contributed by atoms with van der Waals surface area (Å²) in [5, 5.41) is 6.60. The van der Waals surface area contributed by atoms with Gasteiger partial charge in [-0.25, -0.2) is 0 Å². The summed E-state index contributed by atoms with van der Waals surface area (Å²) in [5.41, 5.74) is 0. The molecule has 2 N–H and O–H groups in total. The number of amides is 1. The molecule has 1 rings (SSSR count). The van der Waals surface area contributed by atoms with Gasteiger partial charge in [0.25, 0.3) is 0 Å². The molecule has 0 spiro atoms. The third kappa shape index (κ3) is 6.71. The monoisotopic (exact) mass is 283 g/mol. The van der Waals surface area contributed by atoms with Crippen LogP contribution in [0, 0.1) is 11.8 Å². The molecule has 2 unspecified atom stereocenters. The first-order valence-corrected chi connectivity index (χ1v) is 8.25. The van der Waals surface area contributed by atoms with Crippen LogP contribution in [-0.4, -0.2) is 49.6 Å². The lowest BCUT2D eigenvalue weighted by atomic mass is 9.91. The van der Waals surface area contributed by atoms with Crippen LogP contribution in [0.3, 0.4) is 0 Å². The van der Waals surface area contributed by atoms with Crippen molar-refractivity contribution in [1.82, 2.24) is 15.5 Å². The highest BCUT2D eigenvalue weighted by Crippen LogP contribution is 2.19. The van der Waals surface area contributed by atoms with E-state index in [9.17, 15) is 4.79 Å². The van der Waals surface area contributed by atoms with Crippen LogP contribution in [0.15, 0.2) is 0 Å². The summed E-state index contributed by atoms with van der Waals surface area (Å²) in [5.74, 6) is 1.37. The van der Waals surface area contributed by atoms with Crippen molar-refractivity contribution in [3.8, 4) is 0 Å². The number of rotatable bonds is 8. The molecule has 4 nitrogen and oxygen atoms in total. The van der Waals surface area contributed by atoms with Gasteiger partial charge in [-0.1, -0.05) is 20.8 Å². The lowest BCUT2D eigenvalue weighted by Crippen LogP contribution is -2.47. The van der Waals surface area contributed by atoms with Gasteiger partial charge in [-0.05, 0) is 51.1 Å². The van der Waals surface area contributed by atoms with Gasteiger partial charge in [-0.2, -0.15) is 0 Å². The van der Waals surface area contributed by atoms with Crippen LogP contribution in [0.1, 0.15) is 47.0 Å². The van der Waals surface area contributed by atoms with E-state index in [4.69, 9.17) is 0 Å². The van der Waals surface area contributed by atoms with Gasteiger partial charge in [-0.3, -0.25) is 9.69 Å². The van der Waals surface area contributed by atoms with Gasteiger partial charge < -0.3 is 10.6 Å². The quantitative estimate of drug-likeness (QED) is 0.714. The van der Waals surface area contributed by atoms with E-state index in [1.165, 1.54) is 19.3 Å². The highest BCUT2D eigenvalue weighted by atomic mass is 16.2. The minimum atomic E-state index is 0.175. The maximum absolute atomic E-state index is 11.9. The van der Waals surface area contributed by atoms with E-state index in [0.29, 0.717) is 24.4 Å². The number of nitrogens with zero attached hydrogens (tertiary/aromatic N) is 1. The fourth-order valence-corrected chi connectivity index (χ4v) is 2.76. The molecule has 1 saturated heterocycles. The molecule has 0 radical (unpaired) electrons. The first-order chi connectivity index (χ1) is 9.52. The molecule has 2 atom stereocenters. The molecule has 0 aromatic rings. The van der Waals surface area contributed by atoms with Gasteiger partial charge >= 0.3 is 0 Å². The van der Waals surface area contributed by atoms with Crippen molar-refractivity contribution in [2.45, 2.75) is 53.0 Å². The largest absolute Gasteiger partial charge is 0.355 e. The average Bonchev–Trinajstić information content (AvgIpc) is 2.42. The van der Waals surface area contributed by atoms with Crippen molar-refractivity contribution in [2.24, 2.45) is 11.8 Å². The third-order valence-electron chi connectivity index (χ3n) is 4.04. The Bertz CT molecular complexity index is 281. The van der Waals surface area contributed by atoms with Crippen LogP contribution in [0.5, 0.6) is 0 Å². The number of likely N-dealkylation sites (tertiary alicyclic amines) is 1. The standard InChI is InChI=1S/C16H33N3O/c1-5-8-17-14(4)15-7-6-9-19(11-15)12-16(20)18-10-13(2)3/h13-15,17H,5-12H2,1-4H3,(H,18,20). The molecule has 20 heavy (non-hydrogen) atoms. The molecular formula is C16H33N3O. The number of hydrogen-bond donors (Lipinski definition) is 2. The Balaban J connectivity index is 2.31. The summed E-state index contributed by atoms with van der Waals surface area (Å²) in [4.78, 5) is 14.2. The molecule has 0 aromatic heterocycles. The van der Waals surface area contributed by atoms with Crippen LogP contribution in [0.2, 0.25) is 0 Å². The first-order valence-electron chi connectivity index (χ1n) is 8.25. The van der Waals surface area contributed by atoms with Crippen LogP contribution >= 0.6 is 0 Å². The number of piperidine rings is 1. The second kappa shape index (κ2) is 9.35. The second-order valence-corrected chi connectivity index (χ2v) is 6.58. The van der Waals surface area contributed by atoms with Crippen molar-refractivity contribution < 1.29 is 4.79 Å². The number of nitrogens with one attached hydrogen (secondary N) is 2. The Labute approximate surface area is 124 Å². The molecule has 1 aliphatic heterocycles. The topological polar surface area (TPSA) is 44.4 Å². The average molecular weight is 283 g/mol. The molecule has 0 bridgehead atoms. The molecule has 0 saturated carbocycles. The van der Waals surface area contributed by atoms with Gasteiger partial charge in [0, 0.05) is 19.1 Å². The third-order valence-corrected chi connectivity index (χ3v) is 4.04. The molecule has 1 fully saturated rings. The number of carbonyl (C=O) groups is 1. The summed E-state index contributed by atoms with van der Waals surface area (Å²) in [6, 6.07) is 0.552. The van der Waals surface area contributed by atoms with Gasteiger partial charge in [0.15, 0.2) is 0 Å². The van der Waals surface area contributed by atoms with E-state index in [2.05, 4.69) is 43.2 Å². The van der Waals surface area contributed by atoms with Crippen molar-refractivity contribution in [3.05, 3.63) is 0 Å². The Morgan fingerprint density at radius 1 is 1.35 bits per heavy atom. The van der Waals surface area contributed by atoms with E-state index in [1.807, 2.05) is 0 Å². The fraction of sp³-hybridized carbons (Fsp3) is 0.938. The molecule has 1 aliphatic rings. The predicted octanol–water partition coefficient (Wildman–Crippen LogP) is 1.86. The Morgan fingerprint density at radius 3 is 2.75 bits per heavy atom. The maximum atomic E-state index is 11.9. The molecular weight excluding hydrogens is 250 g/mol. The molecule has 4 heteroatoms. The molecule has 0 aromatic carbocycles. The summed E-state index contributed by atoms with van der Waals surface area (Å²) in [7, 11) is 0. The maximum Gasteiger partial charge on any atom is 0.234 e. The predicted molar refractivity (Wildman–Crippen MR) is 84.8 cm³/mol. The lowest BCUT2D eigenvalue weighted by Gasteiger charge is -2.35. The van der Waals surface area contributed by atoms with Crippen LogP contribution < -0.4 is 10.6 Å². The molecule has 1 amide bonds. The zero-order valence-corrected chi connectivity index (χ0v) is 13.7. The van der Waals surface area contributed by atoms with E-state index < -0.39 is 0 Å². The number of hydrogen-bond acceptors (Lipinski definition) is 3. The normalized spacial score (nSPS) is 21.9. The highest BCUT2D eigenvalue weighted by molar-refractivity contribution is 5.78. The van der Waals surface area contributed by atoms with Crippen LogP contribution in [-0.2, 0) is 4.79 Å². The van der Waals surface area contributed by atoms with Gasteiger partial charge in [0.05, 0.1) is 6.54 Å². The fourth-order valence-electron chi connectivity index (χ4n) is 2.76. The second-order valence-electron chi connectivity index (χ2n) is 6.58. The van der Waals surface area contributed by atoms with Crippen LogP contribution in [0.25, 0.3) is 0 Å². The number of carbonyl (C=O) groups excluding carboxylic acids is 1.